The normalized spacial score (nSPS) is 14.7. The van der Waals surface area contributed by atoms with E-state index in [0.717, 1.165) is 0 Å². The molecule has 0 heterocycles. The molecule has 2 unspecified atom stereocenters. The standard InChI is InChI=1S/C12H16Cl2FNO/c1-3-8(17)6-16-7(2)9-4-12(15)11(14)5-10(9)13/h4-5,7-8,16-17H,3,6H2,1-2H3. The Morgan fingerprint density at radius 3 is 2.59 bits per heavy atom. The van der Waals surface area contributed by atoms with E-state index < -0.39 is 11.9 Å². The average Bonchev–Trinajstić information content (AvgIpc) is 2.30. The van der Waals surface area contributed by atoms with Crippen LogP contribution in [0.15, 0.2) is 12.1 Å². The second kappa shape index (κ2) is 6.55. The lowest BCUT2D eigenvalue weighted by atomic mass is 10.1. The fourth-order valence-corrected chi connectivity index (χ4v) is 1.98. The van der Waals surface area contributed by atoms with Crippen molar-refractivity contribution in [3.8, 4) is 0 Å². The summed E-state index contributed by atoms with van der Waals surface area (Å²) >= 11 is 11.6. The van der Waals surface area contributed by atoms with E-state index in [-0.39, 0.29) is 11.1 Å². The third-order valence-electron chi connectivity index (χ3n) is 2.64. The number of aliphatic hydroxyl groups is 1. The zero-order chi connectivity index (χ0) is 13.0. The maximum Gasteiger partial charge on any atom is 0.142 e. The van der Waals surface area contributed by atoms with E-state index in [4.69, 9.17) is 23.2 Å². The Morgan fingerprint density at radius 1 is 1.35 bits per heavy atom. The Hall–Kier alpha value is -0.350. The molecule has 0 bridgehead atoms. The number of hydrogen-bond acceptors (Lipinski definition) is 2. The minimum atomic E-state index is -0.490. The van der Waals surface area contributed by atoms with Gasteiger partial charge >= 0.3 is 0 Å². The van der Waals surface area contributed by atoms with Crippen molar-refractivity contribution in [2.75, 3.05) is 6.54 Å². The molecule has 0 amide bonds. The lowest BCUT2D eigenvalue weighted by Crippen LogP contribution is -2.28. The van der Waals surface area contributed by atoms with Gasteiger partial charge in [-0.2, -0.15) is 0 Å². The highest BCUT2D eigenvalue weighted by Crippen LogP contribution is 2.28. The molecule has 0 aromatic heterocycles. The molecule has 5 heteroatoms. The Bertz CT molecular complexity index is 387. The fourth-order valence-electron chi connectivity index (χ4n) is 1.44. The smallest absolute Gasteiger partial charge is 0.142 e. The van der Waals surface area contributed by atoms with Crippen LogP contribution in [-0.4, -0.2) is 17.8 Å². The van der Waals surface area contributed by atoms with Crippen molar-refractivity contribution < 1.29 is 9.50 Å². The number of hydrogen-bond donors (Lipinski definition) is 2. The molecule has 0 saturated heterocycles. The number of benzene rings is 1. The van der Waals surface area contributed by atoms with E-state index in [2.05, 4.69) is 5.32 Å². The van der Waals surface area contributed by atoms with E-state index in [0.29, 0.717) is 23.6 Å². The minimum Gasteiger partial charge on any atom is -0.392 e. The molecule has 1 aromatic carbocycles. The van der Waals surface area contributed by atoms with E-state index >= 15 is 0 Å². The molecule has 0 spiro atoms. The molecule has 0 radical (unpaired) electrons. The van der Waals surface area contributed by atoms with Gasteiger partial charge in [0.25, 0.3) is 0 Å². The fraction of sp³-hybridized carbons (Fsp3) is 0.500. The van der Waals surface area contributed by atoms with E-state index in [1.54, 1.807) is 0 Å². The Kier molecular flexibility index (Phi) is 5.67. The zero-order valence-corrected chi connectivity index (χ0v) is 11.3. The zero-order valence-electron chi connectivity index (χ0n) is 9.80. The Morgan fingerprint density at radius 2 is 2.00 bits per heavy atom. The van der Waals surface area contributed by atoms with Gasteiger partial charge in [-0.05, 0) is 31.0 Å². The van der Waals surface area contributed by atoms with Crippen molar-refractivity contribution in [1.82, 2.24) is 5.32 Å². The van der Waals surface area contributed by atoms with Crippen LogP contribution in [0.25, 0.3) is 0 Å². The van der Waals surface area contributed by atoms with Gasteiger partial charge in [0.2, 0.25) is 0 Å². The first-order valence-electron chi connectivity index (χ1n) is 5.51. The molecule has 2 nitrogen and oxygen atoms in total. The summed E-state index contributed by atoms with van der Waals surface area (Å²) < 4.78 is 13.3. The first-order chi connectivity index (χ1) is 7.95. The highest BCUT2D eigenvalue weighted by Gasteiger charge is 2.13. The first kappa shape index (κ1) is 14.7. The second-order valence-electron chi connectivity index (χ2n) is 3.98. The van der Waals surface area contributed by atoms with Crippen LogP contribution >= 0.6 is 23.2 Å². The topological polar surface area (TPSA) is 32.3 Å². The molecule has 0 aliphatic rings. The molecule has 2 atom stereocenters. The van der Waals surface area contributed by atoms with Crippen molar-refractivity contribution in [3.05, 3.63) is 33.6 Å². The number of halogens is 3. The van der Waals surface area contributed by atoms with Gasteiger partial charge in [0.15, 0.2) is 0 Å². The molecule has 0 aliphatic carbocycles. The van der Waals surface area contributed by atoms with Crippen molar-refractivity contribution in [1.29, 1.82) is 0 Å². The van der Waals surface area contributed by atoms with Crippen LogP contribution in [0.5, 0.6) is 0 Å². The molecular weight excluding hydrogens is 264 g/mol. The molecule has 0 saturated carbocycles. The highest BCUT2D eigenvalue weighted by atomic mass is 35.5. The first-order valence-corrected chi connectivity index (χ1v) is 6.27. The quantitative estimate of drug-likeness (QED) is 0.808. The number of nitrogens with one attached hydrogen (secondary N) is 1. The van der Waals surface area contributed by atoms with Crippen LogP contribution in [-0.2, 0) is 0 Å². The van der Waals surface area contributed by atoms with Gasteiger partial charge in [-0.15, -0.1) is 0 Å². The molecule has 17 heavy (non-hydrogen) atoms. The van der Waals surface area contributed by atoms with Crippen molar-refractivity contribution in [2.45, 2.75) is 32.4 Å². The summed E-state index contributed by atoms with van der Waals surface area (Å²) in [6, 6.07) is 2.57. The summed E-state index contributed by atoms with van der Waals surface area (Å²) in [5.41, 5.74) is 0.636. The largest absolute Gasteiger partial charge is 0.392 e. The van der Waals surface area contributed by atoms with Crippen LogP contribution in [0.2, 0.25) is 10.0 Å². The third-order valence-corrected chi connectivity index (χ3v) is 3.25. The van der Waals surface area contributed by atoms with Gasteiger partial charge in [0, 0.05) is 17.6 Å². The van der Waals surface area contributed by atoms with Crippen LogP contribution < -0.4 is 5.32 Å². The predicted octanol–water partition coefficient (Wildman–Crippen LogP) is 3.55. The highest BCUT2D eigenvalue weighted by molar-refractivity contribution is 6.35. The monoisotopic (exact) mass is 279 g/mol. The summed E-state index contributed by atoms with van der Waals surface area (Å²) in [6.07, 6.45) is 0.260. The molecule has 2 N–H and O–H groups in total. The van der Waals surface area contributed by atoms with Gasteiger partial charge in [0.1, 0.15) is 5.82 Å². The summed E-state index contributed by atoms with van der Waals surface area (Å²) in [5.74, 6) is -0.490. The van der Waals surface area contributed by atoms with Crippen LogP contribution in [0, 0.1) is 5.82 Å². The van der Waals surface area contributed by atoms with Crippen molar-refractivity contribution >= 4 is 23.2 Å². The molecule has 0 fully saturated rings. The summed E-state index contributed by atoms with van der Waals surface area (Å²) in [4.78, 5) is 0. The van der Waals surface area contributed by atoms with E-state index in [1.165, 1.54) is 12.1 Å². The maximum atomic E-state index is 13.3. The van der Waals surface area contributed by atoms with E-state index in [1.807, 2.05) is 13.8 Å². The summed E-state index contributed by atoms with van der Waals surface area (Å²) in [7, 11) is 0. The van der Waals surface area contributed by atoms with Gasteiger partial charge < -0.3 is 10.4 Å². The number of aliphatic hydroxyl groups excluding tert-OH is 1. The van der Waals surface area contributed by atoms with Crippen LogP contribution in [0.4, 0.5) is 4.39 Å². The second-order valence-corrected chi connectivity index (χ2v) is 4.79. The summed E-state index contributed by atoms with van der Waals surface area (Å²) in [5, 5.41) is 13.0. The summed E-state index contributed by atoms with van der Waals surface area (Å²) in [6.45, 7) is 4.20. The molecule has 1 aromatic rings. The third kappa shape index (κ3) is 4.11. The molecule has 96 valence electrons. The SMILES string of the molecule is CCC(O)CNC(C)c1cc(F)c(Cl)cc1Cl. The van der Waals surface area contributed by atoms with Crippen molar-refractivity contribution in [3.63, 3.8) is 0 Å². The lowest BCUT2D eigenvalue weighted by molar-refractivity contribution is 0.163. The Balaban J connectivity index is 2.75. The van der Waals surface area contributed by atoms with Crippen molar-refractivity contribution in [2.24, 2.45) is 0 Å². The molecule has 1 rings (SSSR count). The van der Waals surface area contributed by atoms with Gasteiger partial charge in [-0.3, -0.25) is 0 Å². The van der Waals surface area contributed by atoms with Gasteiger partial charge in [-0.1, -0.05) is 30.1 Å². The molecule has 0 aliphatic heterocycles. The maximum absolute atomic E-state index is 13.3. The van der Waals surface area contributed by atoms with Gasteiger partial charge in [0.05, 0.1) is 11.1 Å². The van der Waals surface area contributed by atoms with Crippen LogP contribution in [0.3, 0.4) is 0 Å². The lowest BCUT2D eigenvalue weighted by Gasteiger charge is -2.18. The van der Waals surface area contributed by atoms with Crippen LogP contribution in [0.1, 0.15) is 31.9 Å². The molecular formula is C12H16Cl2FNO. The van der Waals surface area contributed by atoms with Gasteiger partial charge in [-0.25, -0.2) is 4.39 Å². The predicted molar refractivity (Wildman–Crippen MR) is 69.1 cm³/mol. The Labute approximate surface area is 111 Å². The van der Waals surface area contributed by atoms with E-state index in [9.17, 15) is 9.50 Å². The average molecular weight is 280 g/mol. The minimum absolute atomic E-state index is 0.0135. The number of rotatable bonds is 5.